The van der Waals surface area contributed by atoms with E-state index in [9.17, 15) is 4.79 Å². The fourth-order valence-corrected chi connectivity index (χ4v) is 1.65. The summed E-state index contributed by atoms with van der Waals surface area (Å²) in [4.78, 5) is 22.6. The number of nitrogens with one attached hydrogen (secondary N) is 1. The van der Waals surface area contributed by atoms with Crippen molar-refractivity contribution in [3.05, 3.63) is 30.2 Å². The molecule has 0 amide bonds. The Balaban J connectivity index is 2.06. The van der Waals surface area contributed by atoms with Gasteiger partial charge in [0.05, 0.1) is 24.5 Å². The number of nitrogens with zero attached hydrogens (tertiary/aromatic N) is 5. The number of carboxylic acid groups (broad SMARTS) is 1. The molecule has 106 valence electrons. The Labute approximate surface area is 115 Å². The van der Waals surface area contributed by atoms with Crippen molar-refractivity contribution in [1.29, 1.82) is 0 Å². The number of rotatable bonds is 4. The number of carbonyl (C=O) groups is 1. The van der Waals surface area contributed by atoms with Gasteiger partial charge in [0.2, 0.25) is 0 Å². The zero-order valence-corrected chi connectivity index (χ0v) is 11.5. The highest BCUT2D eigenvalue weighted by Crippen LogP contribution is 2.14. The maximum absolute atomic E-state index is 10.7. The smallest absolute Gasteiger partial charge is 0.356 e. The van der Waals surface area contributed by atoms with Crippen molar-refractivity contribution in [2.24, 2.45) is 0 Å². The van der Waals surface area contributed by atoms with Crippen LogP contribution >= 0.6 is 0 Å². The van der Waals surface area contributed by atoms with Crippen LogP contribution in [-0.2, 0) is 12.1 Å². The molecule has 0 aliphatic carbocycles. The van der Waals surface area contributed by atoms with Gasteiger partial charge in [-0.2, -0.15) is 5.10 Å². The molecule has 2 rings (SSSR count). The second-order valence-electron chi connectivity index (χ2n) is 5.20. The Kier molecular flexibility index (Phi) is 3.64. The number of carboxylic acids is 1. The number of aromatic carboxylic acids is 1. The highest BCUT2D eigenvalue weighted by Gasteiger charge is 2.18. The standard InChI is InChI=1S/C12H16N6O2/c1-12(2,3)18-10(16-7-17-18)6-15-9-5-13-8(4-14-9)11(19)20/h4-5,7H,6H2,1-3H3,(H,14,15)(H,19,20). The lowest BCUT2D eigenvalue weighted by Gasteiger charge is -2.21. The van der Waals surface area contributed by atoms with Gasteiger partial charge in [0.15, 0.2) is 5.69 Å². The monoisotopic (exact) mass is 276 g/mol. The normalized spacial score (nSPS) is 11.3. The van der Waals surface area contributed by atoms with Crippen LogP contribution in [-0.4, -0.2) is 35.8 Å². The van der Waals surface area contributed by atoms with Crippen molar-refractivity contribution in [1.82, 2.24) is 24.7 Å². The van der Waals surface area contributed by atoms with Crippen molar-refractivity contribution in [2.45, 2.75) is 32.9 Å². The van der Waals surface area contributed by atoms with E-state index in [1.165, 1.54) is 18.7 Å². The summed E-state index contributed by atoms with van der Waals surface area (Å²) in [7, 11) is 0. The largest absolute Gasteiger partial charge is 0.476 e. The van der Waals surface area contributed by atoms with Gasteiger partial charge < -0.3 is 10.4 Å². The SMILES string of the molecule is CC(C)(C)n1ncnc1CNc1cnc(C(=O)O)cn1. The molecule has 20 heavy (non-hydrogen) atoms. The zero-order chi connectivity index (χ0) is 14.8. The molecule has 8 nitrogen and oxygen atoms in total. The van der Waals surface area contributed by atoms with E-state index in [0.717, 1.165) is 5.82 Å². The van der Waals surface area contributed by atoms with Crippen molar-refractivity contribution >= 4 is 11.8 Å². The number of hydrogen-bond acceptors (Lipinski definition) is 6. The maximum atomic E-state index is 10.7. The average Bonchev–Trinajstić information content (AvgIpc) is 2.85. The van der Waals surface area contributed by atoms with E-state index in [1.54, 1.807) is 0 Å². The first-order valence-corrected chi connectivity index (χ1v) is 6.06. The summed E-state index contributed by atoms with van der Waals surface area (Å²) in [6.07, 6.45) is 4.09. The van der Waals surface area contributed by atoms with Crippen LogP contribution < -0.4 is 5.32 Å². The molecule has 0 fully saturated rings. The Morgan fingerprint density at radius 1 is 1.30 bits per heavy atom. The van der Waals surface area contributed by atoms with Gasteiger partial charge in [0, 0.05) is 0 Å². The van der Waals surface area contributed by atoms with Gasteiger partial charge in [0.25, 0.3) is 0 Å². The van der Waals surface area contributed by atoms with E-state index in [4.69, 9.17) is 5.11 Å². The molecule has 0 unspecified atom stereocenters. The minimum atomic E-state index is -1.10. The van der Waals surface area contributed by atoms with Crippen LogP contribution in [0, 0.1) is 0 Å². The topological polar surface area (TPSA) is 106 Å². The molecule has 2 heterocycles. The second kappa shape index (κ2) is 5.24. The van der Waals surface area contributed by atoms with Crippen LogP contribution in [0.1, 0.15) is 37.1 Å². The van der Waals surface area contributed by atoms with E-state index < -0.39 is 5.97 Å². The maximum Gasteiger partial charge on any atom is 0.356 e. The molecule has 0 saturated heterocycles. The van der Waals surface area contributed by atoms with Crippen molar-refractivity contribution in [3.8, 4) is 0 Å². The molecule has 2 aromatic heterocycles. The summed E-state index contributed by atoms with van der Waals surface area (Å²) in [5.74, 6) is 0.150. The third-order valence-electron chi connectivity index (χ3n) is 2.55. The van der Waals surface area contributed by atoms with E-state index >= 15 is 0 Å². The van der Waals surface area contributed by atoms with E-state index in [-0.39, 0.29) is 11.2 Å². The van der Waals surface area contributed by atoms with Crippen molar-refractivity contribution in [2.75, 3.05) is 5.32 Å². The zero-order valence-electron chi connectivity index (χ0n) is 11.5. The third kappa shape index (κ3) is 3.08. The van der Waals surface area contributed by atoms with Crippen LogP contribution in [0.25, 0.3) is 0 Å². The molecule has 0 aliphatic rings. The lowest BCUT2D eigenvalue weighted by Crippen LogP contribution is -2.26. The lowest BCUT2D eigenvalue weighted by atomic mass is 10.1. The van der Waals surface area contributed by atoms with E-state index in [2.05, 4.69) is 25.4 Å². The summed E-state index contributed by atoms with van der Waals surface area (Å²) < 4.78 is 1.82. The van der Waals surface area contributed by atoms with Crippen LogP contribution in [0.4, 0.5) is 5.82 Å². The predicted octanol–water partition coefficient (Wildman–Crippen LogP) is 1.13. The molecule has 2 N–H and O–H groups in total. The molecule has 0 aliphatic heterocycles. The lowest BCUT2D eigenvalue weighted by molar-refractivity contribution is 0.0690. The first-order chi connectivity index (χ1) is 9.38. The molecule has 8 heteroatoms. The highest BCUT2D eigenvalue weighted by molar-refractivity contribution is 5.84. The molecule has 0 atom stereocenters. The van der Waals surface area contributed by atoms with E-state index in [0.29, 0.717) is 12.4 Å². The fourth-order valence-electron chi connectivity index (χ4n) is 1.65. The summed E-state index contributed by atoms with van der Waals surface area (Å²) in [5.41, 5.74) is -0.250. The van der Waals surface area contributed by atoms with Crippen LogP contribution in [0.3, 0.4) is 0 Å². The summed E-state index contributed by atoms with van der Waals surface area (Å²) >= 11 is 0. The van der Waals surface area contributed by atoms with Crippen LogP contribution in [0.15, 0.2) is 18.7 Å². The number of aromatic nitrogens is 5. The van der Waals surface area contributed by atoms with Crippen molar-refractivity contribution < 1.29 is 9.90 Å². The fraction of sp³-hybridized carbons (Fsp3) is 0.417. The quantitative estimate of drug-likeness (QED) is 0.862. The molecule has 0 spiro atoms. The van der Waals surface area contributed by atoms with Gasteiger partial charge in [-0.05, 0) is 20.8 Å². The Bertz CT molecular complexity index is 599. The minimum absolute atomic E-state index is 0.0894. The highest BCUT2D eigenvalue weighted by atomic mass is 16.4. The number of hydrogen-bond donors (Lipinski definition) is 2. The molecule has 2 aromatic rings. The molecule has 0 radical (unpaired) electrons. The average molecular weight is 276 g/mol. The molecular formula is C12H16N6O2. The molecular weight excluding hydrogens is 260 g/mol. The van der Waals surface area contributed by atoms with Gasteiger partial charge >= 0.3 is 5.97 Å². The van der Waals surface area contributed by atoms with Gasteiger partial charge in [-0.15, -0.1) is 0 Å². The summed E-state index contributed by atoms with van der Waals surface area (Å²) in [5, 5.41) is 16.0. The molecule has 0 saturated carbocycles. The van der Waals surface area contributed by atoms with Gasteiger partial charge in [-0.1, -0.05) is 0 Å². The summed E-state index contributed by atoms with van der Waals surface area (Å²) in [6, 6.07) is 0. The van der Waals surface area contributed by atoms with Gasteiger partial charge in [0.1, 0.15) is 18.0 Å². The molecule has 0 bridgehead atoms. The Morgan fingerprint density at radius 2 is 2.05 bits per heavy atom. The predicted molar refractivity (Wildman–Crippen MR) is 71.3 cm³/mol. The van der Waals surface area contributed by atoms with Crippen molar-refractivity contribution in [3.63, 3.8) is 0 Å². The second-order valence-corrected chi connectivity index (χ2v) is 5.20. The van der Waals surface area contributed by atoms with Gasteiger partial charge in [-0.25, -0.2) is 24.4 Å². The summed E-state index contributed by atoms with van der Waals surface area (Å²) in [6.45, 7) is 6.53. The minimum Gasteiger partial charge on any atom is -0.476 e. The Hall–Kier alpha value is -2.51. The number of anilines is 1. The van der Waals surface area contributed by atoms with E-state index in [1.807, 2.05) is 25.5 Å². The van der Waals surface area contributed by atoms with Crippen LogP contribution in [0.2, 0.25) is 0 Å². The Morgan fingerprint density at radius 3 is 2.60 bits per heavy atom. The first-order valence-electron chi connectivity index (χ1n) is 6.06. The third-order valence-corrected chi connectivity index (χ3v) is 2.55. The molecule has 0 aromatic carbocycles. The van der Waals surface area contributed by atoms with Crippen LogP contribution in [0.5, 0.6) is 0 Å². The van der Waals surface area contributed by atoms with Gasteiger partial charge in [-0.3, -0.25) is 0 Å². The first kappa shape index (κ1) is 13.9.